The minimum absolute atomic E-state index is 0.0288. The molecule has 7 nitrogen and oxygen atoms in total. The maximum Gasteiger partial charge on any atom is 0.348 e. The van der Waals surface area contributed by atoms with Crippen molar-refractivity contribution >= 4 is 28.9 Å². The zero-order valence-electron chi connectivity index (χ0n) is 23.3. The summed E-state index contributed by atoms with van der Waals surface area (Å²) in [6, 6.07) is 2.40. The van der Waals surface area contributed by atoms with Crippen molar-refractivity contribution in [3.8, 4) is 17.9 Å². The Bertz CT molecular complexity index is 1180. The van der Waals surface area contributed by atoms with E-state index in [1.54, 1.807) is 6.20 Å². The molecule has 2 aliphatic carbocycles. The summed E-state index contributed by atoms with van der Waals surface area (Å²) in [7, 11) is 0. The maximum absolute atomic E-state index is 14.1. The van der Waals surface area contributed by atoms with Crippen molar-refractivity contribution in [3.63, 3.8) is 0 Å². The standard InChI is InChI=1S/C30H41N3O4S/c1-6-32-18-17-31-29(32)37-23-13-11-22(12-14-23)33(27(34)21-9-7-20(2)8-10-21)25-19-24(15-16-30(3,4)5)38-26(25)28(35)36/h17-23H,6-14H2,1-5H3,(H,35,36). The van der Waals surface area contributed by atoms with Crippen molar-refractivity contribution in [2.45, 2.75) is 105 Å². The molecule has 2 aromatic heterocycles. The van der Waals surface area contributed by atoms with Crippen LogP contribution in [-0.2, 0) is 11.3 Å². The quantitative estimate of drug-likeness (QED) is 0.400. The normalized spacial score (nSPS) is 23.8. The Morgan fingerprint density at radius 3 is 2.45 bits per heavy atom. The number of aromatic carboxylic acids is 1. The first-order valence-electron chi connectivity index (χ1n) is 14.0. The van der Waals surface area contributed by atoms with Crippen molar-refractivity contribution < 1.29 is 19.4 Å². The van der Waals surface area contributed by atoms with Crippen molar-refractivity contribution in [1.29, 1.82) is 0 Å². The molecule has 0 radical (unpaired) electrons. The fourth-order valence-electron chi connectivity index (χ4n) is 5.45. The zero-order valence-corrected chi connectivity index (χ0v) is 24.1. The smallest absolute Gasteiger partial charge is 0.348 e. The fourth-order valence-corrected chi connectivity index (χ4v) is 6.29. The molecule has 0 bridgehead atoms. The molecule has 2 aliphatic rings. The van der Waals surface area contributed by atoms with Gasteiger partial charge in [0.15, 0.2) is 0 Å². The number of ether oxygens (including phenoxy) is 1. The number of anilines is 1. The third kappa shape index (κ3) is 6.79. The third-order valence-electron chi connectivity index (χ3n) is 7.63. The molecule has 1 N–H and O–H groups in total. The maximum atomic E-state index is 14.1. The minimum atomic E-state index is -1.01. The number of hydrogen-bond donors (Lipinski definition) is 1. The van der Waals surface area contributed by atoms with E-state index in [0.717, 1.165) is 57.9 Å². The molecule has 2 saturated carbocycles. The van der Waals surface area contributed by atoms with E-state index in [1.165, 1.54) is 11.3 Å². The molecule has 1 amide bonds. The van der Waals surface area contributed by atoms with Gasteiger partial charge in [0, 0.05) is 36.3 Å². The van der Waals surface area contributed by atoms with Crippen LogP contribution in [0.3, 0.4) is 0 Å². The number of rotatable bonds is 7. The average molecular weight is 540 g/mol. The molecule has 4 rings (SSSR count). The number of aromatic nitrogens is 2. The van der Waals surface area contributed by atoms with E-state index in [-0.39, 0.29) is 34.3 Å². The Labute approximate surface area is 230 Å². The molecule has 0 aromatic carbocycles. The first-order valence-corrected chi connectivity index (χ1v) is 14.8. The Balaban J connectivity index is 1.61. The van der Waals surface area contributed by atoms with Crippen LogP contribution in [0.4, 0.5) is 5.69 Å². The lowest BCUT2D eigenvalue weighted by molar-refractivity contribution is -0.124. The average Bonchev–Trinajstić information content (AvgIpc) is 3.51. The molecule has 38 heavy (non-hydrogen) atoms. The number of carboxylic acid groups (broad SMARTS) is 1. The van der Waals surface area contributed by atoms with Gasteiger partial charge >= 0.3 is 5.97 Å². The summed E-state index contributed by atoms with van der Waals surface area (Å²) in [6.45, 7) is 11.2. The molecular formula is C30H41N3O4S. The third-order valence-corrected chi connectivity index (χ3v) is 8.66. The van der Waals surface area contributed by atoms with Gasteiger partial charge in [-0.1, -0.05) is 18.8 Å². The molecule has 8 heteroatoms. The largest absolute Gasteiger partial charge is 0.477 e. The highest BCUT2D eigenvalue weighted by molar-refractivity contribution is 7.15. The highest BCUT2D eigenvalue weighted by Gasteiger charge is 2.38. The van der Waals surface area contributed by atoms with E-state index < -0.39 is 5.97 Å². The van der Waals surface area contributed by atoms with Gasteiger partial charge in [-0.2, -0.15) is 0 Å². The summed E-state index contributed by atoms with van der Waals surface area (Å²) < 4.78 is 8.19. The SMILES string of the molecule is CCn1ccnc1OC1CCC(N(C(=O)C2CCC(C)CC2)c2cc(C#CC(C)(C)C)sc2C(=O)O)CC1. The summed E-state index contributed by atoms with van der Waals surface area (Å²) in [5.41, 5.74) is 0.308. The highest BCUT2D eigenvalue weighted by Crippen LogP contribution is 2.39. The number of nitrogens with zero attached hydrogens (tertiary/aromatic N) is 3. The first-order chi connectivity index (χ1) is 18.1. The van der Waals surface area contributed by atoms with Crippen LogP contribution in [0.1, 0.15) is 101 Å². The summed E-state index contributed by atoms with van der Waals surface area (Å²) in [5, 5.41) is 10.1. The number of carbonyl (C=O) groups is 2. The van der Waals surface area contributed by atoms with Gasteiger partial charge in [0.1, 0.15) is 11.0 Å². The monoisotopic (exact) mass is 539 g/mol. The number of imidazole rings is 1. The lowest BCUT2D eigenvalue weighted by atomic mass is 9.81. The van der Waals surface area contributed by atoms with Crippen LogP contribution in [0, 0.1) is 29.1 Å². The van der Waals surface area contributed by atoms with Gasteiger partial charge in [0.2, 0.25) is 5.91 Å². The van der Waals surface area contributed by atoms with Crippen molar-refractivity contribution in [1.82, 2.24) is 9.55 Å². The highest BCUT2D eigenvalue weighted by atomic mass is 32.1. The van der Waals surface area contributed by atoms with Crippen LogP contribution >= 0.6 is 11.3 Å². The van der Waals surface area contributed by atoms with Crippen LogP contribution in [0.5, 0.6) is 6.01 Å². The van der Waals surface area contributed by atoms with Crippen LogP contribution in [0.2, 0.25) is 0 Å². The topological polar surface area (TPSA) is 84.7 Å². The van der Waals surface area contributed by atoms with E-state index in [9.17, 15) is 14.7 Å². The van der Waals surface area contributed by atoms with Crippen LogP contribution in [0.15, 0.2) is 18.5 Å². The predicted molar refractivity (Wildman–Crippen MR) is 151 cm³/mol. The molecule has 2 aromatic rings. The van der Waals surface area contributed by atoms with Gasteiger partial charge in [-0.05, 0) is 91.0 Å². The van der Waals surface area contributed by atoms with Gasteiger partial charge in [-0.3, -0.25) is 4.79 Å². The molecule has 0 unspecified atom stereocenters. The second kappa shape index (κ2) is 11.9. The van der Waals surface area contributed by atoms with Crippen LogP contribution < -0.4 is 9.64 Å². The Hall–Kier alpha value is -2.79. The van der Waals surface area contributed by atoms with Gasteiger partial charge in [0.05, 0.1) is 10.6 Å². The lowest BCUT2D eigenvalue weighted by Crippen LogP contribution is -2.47. The number of hydrogen-bond acceptors (Lipinski definition) is 5. The molecule has 2 fully saturated rings. The summed E-state index contributed by atoms with van der Waals surface area (Å²) in [5.74, 6) is 6.00. The molecule has 2 heterocycles. The van der Waals surface area contributed by atoms with Gasteiger partial charge in [-0.25, -0.2) is 9.78 Å². The number of amides is 1. The second-order valence-electron chi connectivity index (χ2n) is 11.8. The zero-order chi connectivity index (χ0) is 27.4. The summed E-state index contributed by atoms with van der Waals surface area (Å²) in [4.78, 5) is 33.5. The van der Waals surface area contributed by atoms with Crippen molar-refractivity contribution in [3.05, 3.63) is 28.2 Å². The van der Waals surface area contributed by atoms with Gasteiger partial charge in [0.25, 0.3) is 6.01 Å². The Kier molecular flexibility index (Phi) is 8.87. The lowest BCUT2D eigenvalue weighted by Gasteiger charge is -2.39. The molecule has 0 spiro atoms. The molecule has 0 atom stereocenters. The van der Waals surface area contributed by atoms with E-state index >= 15 is 0 Å². The van der Waals surface area contributed by atoms with Gasteiger partial charge < -0.3 is 19.3 Å². The van der Waals surface area contributed by atoms with E-state index in [4.69, 9.17) is 4.74 Å². The number of thiophene rings is 1. The van der Waals surface area contributed by atoms with E-state index in [0.29, 0.717) is 22.5 Å². The number of carboxylic acids is 1. The molecule has 0 saturated heterocycles. The fraction of sp³-hybridized carbons (Fsp3) is 0.633. The van der Waals surface area contributed by atoms with Crippen LogP contribution in [-0.4, -0.2) is 38.7 Å². The van der Waals surface area contributed by atoms with E-state index in [2.05, 4.69) is 30.7 Å². The summed E-state index contributed by atoms with van der Waals surface area (Å²) in [6.07, 6.45) is 10.6. The Morgan fingerprint density at radius 1 is 1.16 bits per heavy atom. The molecule has 206 valence electrons. The summed E-state index contributed by atoms with van der Waals surface area (Å²) >= 11 is 1.17. The molecular weight excluding hydrogens is 498 g/mol. The first kappa shape index (κ1) is 28.2. The van der Waals surface area contributed by atoms with Gasteiger partial charge in [-0.15, -0.1) is 11.3 Å². The van der Waals surface area contributed by atoms with Crippen molar-refractivity contribution in [2.75, 3.05) is 4.90 Å². The van der Waals surface area contributed by atoms with Crippen molar-refractivity contribution in [2.24, 2.45) is 17.3 Å². The second-order valence-corrected chi connectivity index (χ2v) is 12.9. The Morgan fingerprint density at radius 2 is 1.84 bits per heavy atom. The number of aryl methyl sites for hydroxylation is 1. The predicted octanol–water partition coefficient (Wildman–Crippen LogP) is 6.61. The minimum Gasteiger partial charge on any atom is -0.477 e. The molecule has 0 aliphatic heterocycles. The van der Waals surface area contributed by atoms with E-state index in [1.807, 2.05) is 42.5 Å². The number of carbonyl (C=O) groups excluding carboxylic acids is 1. The van der Waals surface area contributed by atoms with Crippen LogP contribution in [0.25, 0.3) is 0 Å².